The van der Waals surface area contributed by atoms with Gasteiger partial charge in [-0.15, -0.1) is 0 Å². The fourth-order valence-electron chi connectivity index (χ4n) is 2.28. The topological polar surface area (TPSA) is 84.6 Å². The van der Waals surface area contributed by atoms with Crippen LogP contribution in [-0.4, -0.2) is 41.9 Å². The quantitative estimate of drug-likeness (QED) is 0.640. The molecule has 19 heavy (non-hydrogen) atoms. The summed E-state index contributed by atoms with van der Waals surface area (Å²) in [4.78, 5) is 11.1. The van der Waals surface area contributed by atoms with Crippen molar-refractivity contribution in [2.45, 2.75) is 64.2 Å². The lowest BCUT2D eigenvalue weighted by atomic mass is 9.88. The molecule has 0 radical (unpaired) electrons. The van der Waals surface area contributed by atoms with Crippen molar-refractivity contribution in [3.8, 4) is 0 Å². The van der Waals surface area contributed by atoms with E-state index >= 15 is 0 Å². The van der Waals surface area contributed by atoms with Crippen LogP contribution in [0.3, 0.4) is 0 Å². The Bertz CT molecular complexity index is 294. The number of aliphatic hydroxyl groups excluding tert-OH is 1. The minimum absolute atomic E-state index is 0.257. The van der Waals surface area contributed by atoms with E-state index in [1.807, 2.05) is 0 Å². The summed E-state index contributed by atoms with van der Waals surface area (Å²) in [5.41, 5.74) is 4.44. The van der Waals surface area contributed by atoms with Gasteiger partial charge in [-0.3, -0.25) is 4.79 Å². The van der Waals surface area contributed by atoms with Crippen molar-refractivity contribution in [2.24, 2.45) is 11.7 Å². The van der Waals surface area contributed by atoms with Crippen LogP contribution in [-0.2, 0) is 9.53 Å². The first-order valence-electron chi connectivity index (χ1n) is 7.17. The molecule has 5 heteroatoms. The van der Waals surface area contributed by atoms with Crippen molar-refractivity contribution < 1.29 is 14.6 Å². The minimum Gasteiger partial charge on any atom is -0.389 e. The van der Waals surface area contributed by atoms with Crippen molar-refractivity contribution in [2.75, 3.05) is 13.2 Å². The van der Waals surface area contributed by atoms with Gasteiger partial charge in [0.1, 0.15) is 0 Å². The highest BCUT2D eigenvalue weighted by atomic mass is 16.5. The third-order valence-corrected chi connectivity index (χ3v) is 3.93. The number of hydrogen-bond acceptors (Lipinski definition) is 4. The van der Waals surface area contributed by atoms with Gasteiger partial charge in [-0.2, -0.15) is 0 Å². The lowest BCUT2D eigenvalue weighted by Crippen LogP contribution is -2.53. The number of primary amides is 1. The van der Waals surface area contributed by atoms with Crippen molar-refractivity contribution in [3.63, 3.8) is 0 Å². The van der Waals surface area contributed by atoms with Crippen LogP contribution in [0.15, 0.2) is 0 Å². The SMILES string of the molecule is CC1CCCCC1OCC(O)CNC(C)(C)C(N)=O. The molecule has 4 N–H and O–H groups in total. The molecule has 3 unspecified atom stereocenters. The van der Waals surface area contributed by atoms with Crippen molar-refractivity contribution in [1.82, 2.24) is 5.32 Å². The highest BCUT2D eigenvalue weighted by Gasteiger charge is 2.26. The van der Waals surface area contributed by atoms with E-state index in [2.05, 4.69) is 12.2 Å². The van der Waals surface area contributed by atoms with E-state index in [9.17, 15) is 9.90 Å². The Kier molecular flexibility index (Phi) is 6.23. The molecule has 1 rings (SSSR count). The predicted octanol–water partition coefficient (Wildman–Crippen LogP) is 0.796. The lowest BCUT2D eigenvalue weighted by Gasteiger charge is -2.30. The van der Waals surface area contributed by atoms with E-state index in [-0.39, 0.29) is 6.10 Å². The van der Waals surface area contributed by atoms with Crippen molar-refractivity contribution >= 4 is 5.91 Å². The average molecular weight is 272 g/mol. The summed E-state index contributed by atoms with van der Waals surface area (Å²) in [6.45, 7) is 6.21. The summed E-state index contributed by atoms with van der Waals surface area (Å²) in [5, 5.41) is 12.8. The number of hydrogen-bond donors (Lipinski definition) is 3. The molecule has 1 aliphatic carbocycles. The second kappa shape index (κ2) is 7.22. The maximum atomic E-state index is 11.1. The molecule has 0 aromatic carbocycles. The number of carbonyl (C=O) groups excluding carboxylic acids is 1. The zero-order valence-electron chi connectivity index (χ0n) is 12.3. The van der Waals surface area contributed by atoms with Crippen LogP contribution in [0.25, 0.3) is 0 Å². The molecule has 0 heterocycles. The molecule has 1 saturated carbocycles. The fraction of sp³-hybridized carbons (Fsp3) is 0.929. The number of β-amino-alcohol motifs (C(OH)–C–C–N with tert-alkyl or cyclic N) is 1. The van der Waals surface area contributed by atoms with Crippen LogP contribution < -0.4 is 11.1 Å². The highest BCUT2D eigenvalue weighted by molar-refractivity contribution is 5.83. The molecule has 1 fully saturated rings. The number of nitrogens with two attached hydrogens (primary N) is 1. The number of rotatable bonds is 7. The molecule has 0 bridgehead atoms. The molecule has 0 saturated heterocycles. The van der Waals surface area contributed by atoms with Crippen molar-refractivity contribution in [1.29, 1.82) is 0 Å². The third-order valence-electron chi connectivity index (χ3n) is 3.93. The van der Waals surface area contributed by atoms with Gasteiger partial charge in [0.25, 0.3) is 0 Å². The monoisotopic (exact) mass is 272 g/mol. The summed E-state index contributed by atoms with van der Waals surface area (Å²) in [5.74, 6) is 0.137. The standard InChI is InChI=1S/C14H28N2O3/c1-10-6-4-5-7-12(10)19-9-11(17)8-16-14(2,3)13(15)18/h10-12,16-17H,4-9H2,1-3H3,(H2,15,18). The number of aliphatic hydroxyl groups is 1. The largest absolute Gasteiger partial charge is 0.389 e. The zero-order chi connectivity index (χ0) is 14.5. The Morgan fingerprint density at radius 2 is 2.11 bits per heavy atom. The maximum Gasteiger partial charge on any atom is 0.237 e. The second-order valence-electron chi connectivity index (χ2n) is 6.16. The van der Waals surface area contributed by atoms with Gasteiger partial charge in [-0.05, 0) is 32.6 Å². The van der Waals surface area contributed by atoms with E-state index in [4.69, 9.17) is 10.5 Å². The lowest BCUT2D eigenvalue weighted by molar-refractivity contribution is -0.123. The summed E-state index contributed by atoms with van der Waals surface area (Å²) in [7, 11) is 0. The molecule has 5 nitrogen and oxygen atoms in total. The summed E-state index contributed by atoms with van der Waals surface area (Å²) in [6, 6.07) is 0. The second-order valence-corrected chi connectivity index (χ2v) is 6.16. The molecule has 0 aromatic rings. The molecule has 0 aromatic heterocycles. The minimum atomic E-state index is -0.806. The summed E-state index contributed by atoms with van der Waals surface area (Å²) >= 11 is 0. The Labute approximate surface area is 115 Å². The predicted molar refractivity (Wildman–Crippen MR) is 74.7 cm³/mol. The highest BCUT2D eigenvalue weighted by Crippen LogP contribution is 2.26. The first-order valence-corrected chi connectivity index (χ1v) is 7.17. The smallest absolute Gasteiger partial charge is 0.237 e. The molecule has 112 valence electrons. The van der Waals surface area contributed by atoms with Gasteiger partial charge in [0.2, 0.25) is 5.91 Å². The van der Waals surface area contributed by atoms with E-state index < -0.39 is 17.6 Å². The van der Waals surface area contributed by atoms with Gasteiger partial charge in [0.05, 0.1) is 24.4 Å². The van der Waals surface area contributed by atoms with Crippen LogP contribution in [0.5, 0.6) is 0 Å². The van der Waals surface area contributed by atoms with Gasteiger partial charge in [-0.1, -0.05) is 19.8 Å². The number of carbonyl (C=O) groups is 1. The summed E-state index contributed by atoms with van der Waals surface area (Å²) < 4.78 is 5.78. The Morgan fingerprint density at radius 1 is 1.47 bits per heavy atom. The van der Waals surface area contributed by atoms with E-state index in [0.717, 1.165) is 6.42 Å². The third kappa shape index (κ3) is 5.47. The number of ether oxygens (including phenoxy) is 1. The van der Waals surface area contributed by atoms with Crippen LogP contribution in [0.2, 0.25) is 0 Å². The Balaban J connectivity index is 2.24. The maximum absolute atomic E-state index is 11.1. The molecule has 1 amide bonds. The molecule has 0 spiro atoms. The molecular formula is C14H28N2O3. The molecular weight excluding hydrogens is 244 g/mol. The van der Waals surface area contributed by atoms with Crippen LogP contribution in [0.4, 0.5) is 0 Å². The Morgan fingerprint density at radius 3 is 2.68 bits per heavy atom. The number of nitrogens with one attached hydrogen (secondary N) is 1. The number of amides is 1. The van der Waals surface area contributed by atoms with Gasteiger partial charge in [0, 0.05) is 6.54 Å². The summed E-state index contributed by atoms with van der Waals surface area (Å²) in [6.07, 6.45) is 4.40. The fourth-order valence-corrected chi connectivity index (χ4v) is 2.28. The normalized spacial score (nSPS) is 26.1. The first kappa shape index (κ1) is 16.4. The van der Waals surface area contributed by atoms with E-state index in [0.29, 0.717) is 19.1 Å². The van der Waals surface area contributed by atoms with E-state index in [1.54, 1.807) is 13.8 Å². The van der Waals surface area contributed by atoms with E-state index in [1.165, 1.54) is 19.3 Å². The first-order chi connectivity index (χ1) is 8.83. The van der Waals surface area contributed by atoms with Crippen LogP contribution in [0.1, 0.15) is 46.5 Å². The van der Waals surface area contributed by atoms with Gasteiger partial charge >= 0.3 is 0 Å². The van der Waals surface area contributed by atoms with Gasteiger partial charge in [-0.25, -0.2) is 0 Å². The van der Waals surface area contributed by atoms with Crippen LogP contribution >= 0.6 is 0 Å². The Hall–Kier alpha value is -0.650. The average Bonchev–Trinajstić information content (AvgIpc) is 2.35. The van der Waals surface area contributed by atoms with Crippen LogP contribution in [0, 0.1) is 5.92 Å². The molecule has 0 aliphatic heterocycles. The van der Waals surface area contributed by atoms with Gasteiger partial charge in [0.15, 0.2) is 0 Å². The zero-order valence-corrected chi connectivity index (χ0v) is 12.3. The van der Waals surface area contributed by atoms with Gasteiger partial charge < -0.3 is 20.9 Å². The van der Waals surface area contributed by atoms with Crippen molar-refractivity contribution in [3.05, 3.63) is 0 Å². The molecule has 3 atom stereocenters. The molecule has 1 aliphatic rings.